The van der Waals surface area contributed by atoms with Crippen LogP contribution in [0.15, 0.2) is 4.99 Å². The maximum absolute atomic E-state index is 8.60. The van der Waals surface area contributed by atoms with Crippen LogP contribution in [0.4, 0.5) is 0 Å². The number of hydrogen-bond acceptors (Lipinski definition) is 3. The summed E-state index contributed by atoms with van der Waals surface area (Å²) in [4.78, 5) is 8.54. The third kappa shape index (κ3) is 2.60. The molecule has 0 bridgehead atoms. The third-order valence-corrected chi connectivity index (χ3v) is 2.04. The molecule has 0 aromatic heterocycles. The Morgan fingerprint density at radius 3 is 2.36 bits per heavy atom. The zero-order chi connectivity index (χ0) is 8.91. The highest BCUT2D eigenvalue weighted by Gasteiger charge is 2.26. The summed E-state index contributed by atoms with van der Waals surface area (Å²) in [6.07, 6.45) is 0.721. The van der Waals surface area contributed by atoms with Gasteiger partial charge in [-0.2, -0.15) is 0 Å². The highest BCUT2D eigenvalue weighted by molar-refractivity contribution is 5.89. The van der Waals surface area contributed by atoms with Crippen LogP contribution < -0.4 is 0 Å². The van der Waals surface area contributed by atoms with Crippen molar-refractivity contribution in [2.45, 2.75) is 39.7 Å². The van der Waals surface area contributed by atoms with Gasteiger partial charge in [0.2, 0.25) is 0 Å². The lowest BCUT2D eigenvalue weighted by Crippen LogP contribution is -2.35. The first kappa shape index (κ1) is 10.6. The molecular weight excluding hydrogens is 142 g/mol. The third-order valence-electron chi connectivity index (χ3n) is 2.04. The van der Waals surface area contributed by atoms with Crippen LogP contribution in [0.25, 0.3) is 0 Å². The smallest absolute Gasteiger partial charge is 0.137 e. The Kier molecular flexibility index (Phi) is 4.30. The van der Waals surface area contributed by atoms with E-state index in [1.54, 1.807) is 0 Å². The quantitative estimate of drug-likeness (QED) is 0.388. The highest BCUT2D eigenvalue weighted by Crippen LogP contribution is 2.15. The van der Waals surface area contributed by atoms with Gasteiger partial charge in [-0.05, 0) is 27.2 Å². The molecule has 0 amide bonds. The minimum absolute atomic E-state index is 0.601. The van der Waals surface area contributed by atoms with E-state index in [-0.39, 0.29) is 0 Å². The minimum Gasteiger partial charge on any atom is -0.292 e. The molecule has 0 fully saturated rings. The molecule has 3 heteroatoms. The Morgan fingerprint density at radius 1 is 1.55 bits per heavy atom. The zero-order valence-corrected chi connectivity index (χ0v) is 7.72. The second-order valence-corrected chi connectivity index (χ2v) is 2.74. The van der Waals surface area contributed by atoms with Gasteiger partial charge in [0.15, 0.2) is 0 Å². The van der Waals surface area contributed by atoms with E-state index < -0.39 is 5.60 Å². The summed E-state index contributed by atoms with van der Waals surface area (Å²) >= 11 is 0. The Labute approximate surface area is 68.0 Å². The molecule has 1 N–H and O–H groups in total. The maximum Gasteiger partial charge on any atom is 0.137 e. The van der Waals surface area contributed by atoms with Gasteiger partial charge in [-0.25, -0.2) is 4.89 Å². The Bertz CT molecular complexity index is 139. The van der Waals surface area contributed by atoms with Crippen molar-refractivity contribution in [1.82, 2.24) is 0 Å². The van der Waals surface area contributed by atoms with Crippen molar-refractivity contribution in [1.29, 1.82) is 0 Å². The molecule has 0 aliphatic heterocycles. The van der Waals surface area contributed by atoms with E-state index in [1.165, 1.54) is 0 Å². The molecule has 0 heterocycles. The largest absolute Gasteiger partial charge is 0.292 e. The van der Waals surface area contributed by atoms with Crippen LogP contribution in [0.2, 0.25) is 0 Å². The second kappa shape index (κ2) is 4.46. The zero-order valence-electron chi connectivity index (χ0n) is 7.72. The van der Waals surface area contributed by atoms with Gasteiger partial charge in [-0.1, -0.05) is 6.92 Å². The molecule has 0 aliphatic carbocycles. The topological polar surface area (TPSA) is 41.8 Å². The summed E-state index contributed by atoms with van der Waals surface area (Å²) in [6.45, 7) is 8.32. The molecule has 1 atom stereocenters. The van der Waals surface area contributed by atoms with E-state index in [0.29, 0.717) is 0 Å². The molecule has 66 valence electrons. The number of hydrogen-bond donors (Lipinski definition) is 1. The van der Waals surface area contributed by atoms with Crippen molar-refractivity contribution in [3.05, 3.63) is 0 Å². The molecule has 0 aliphatic rings. The average molecular weight is 159 g/mol. The highest BCUT2D eigenvalue weighted by atomic mass is 17.1. The van der Waals surface area contributed by atoms with Gasteiger partial charge in [-0.3, -0.25) is 10.2 Å². The Hall–Kier alpha value is -0.410. The van der Waals surface area contributed by atoms with E-state index in [9.17, 15) is 0 Å². The average Bonchev–Trinajstić information content (AvgIpc) is 2.03. The lowest BCUT2D eigenvalue weighted by Gasteiger charge is -2.23. The van der Waals surface area contributed by atoms with Gasteiger partial charge >= 0.3 is 0 Å². The summed E-state index contributed by atoms with van der Waals surface area (Å²) in [7, 11) is 0. The van der Waals surface area contributed by atoms with Gasteiger partial charge in [0.05, 0.1) is 0 Å². The fourth-order valence-electron chi connectivity index (χ4n) is 0.791. The van der Waals surface area contributed by atoms with Crippen LogP contribution in [0, 0.1) is 0 Å². The lowest BCUT2D eigenvalue weighted by atomic mass is 9.98. The van der Waals surface area contributed by atoms with Crippen molar-refractivity contribution in [2.24, 2.45) is 4.99 Å². The van der Waals surface area contributed by atoms with Crippen molar-refractivity contribution >= 4 is 5.71 Å². The van der Waals surface area contributed by atoms with Gasteiger partial charge in [0.25, 0.3) is 0 Å². The Balaban J connectivity index is 4.36. The fraction of sp³-hybridized carbons (Fsp3) is 0.875. The van der Waals surface area contributed by atoms with Crippen LogP contribution >= 0.6 is 0 Å². The molecule has 3 nitrogen and oxygen atoms in total. The van der Waals surface area contributed by atoms with Crippen molar-refractivity contribution in [3.63, 3.8) is 0 Å². The summed E-state index contributed by atoms with van der Waals surface area (Å²) in [5, 5.41) is 8.60. The number of rotatable bonds is 4. The van der Waals surface area contributed by atoms with E-state index in [2.05, 4.69) is 9.88 Å². The predicted molar refractivity (Wildman–Crippen MR) is 46.1 cm³/mol. The second-order valence-electron chi connectivity index (χ2n) is 2.74. The van der Waals surface area contributed by atoms with Gasteiger partial charge in [0, 0.05) is 12.3 Å². The summed E-state index contributed by atoms with van der Waals surface area (Å²) in [5.74, 6) is 0. The fourth-order valence-corrected chi connectivity index (χ4v) is 0.791. The molecule has 0 aromatic carbocycles. The standard InChI is InChI=1S/C8H17NO2/c1-5-8(4,11-10)7(3)9-6-2/h10H,5-6H2,1-4H3. The monoisotopic (exact) mass is 159 g/mol. The molecule has 1 unspecified atom stereocenters. The molecular formula is C8H17NO2. The van der Waals surface area contributed by atoms with Gasteiger partial charge in [0.1, 0.15) is 5.60 Å². The summed E-state index contributed by atoms with van der Waals surface area (Å²) in [5.41, 5.74) is 0.237. The van der Waals surface area contributed by atoms with Crippen molar-refractivity contribution in [3.8, 4) is 0 Å². The summed E-state index contributed by atoms with van der Waals surface area (Å²) < 4.78 is 0. The molecule has 0 aromatic rings. The van der Waals surface area contributed by atoms with E-state index in [1.807, 2.05) is 27.7 Å². The van der Waals surface area contributed by atoms with Crippen LogP contribution in [0.5, 0.6) is 0 Å². The predicted octanol–water partition coefficient (Wildman–Crippen LogP) is 2.13. The van der Waals surface area contributed by atoms with E-state index >= 15 is 0 Å². The first-order valence-corrected chi connectivity index (χ1v) is 3.94. The van der Waals surface area contributed by atoms with E-state index in [4.69, 9.17) is 5.26 Å². The molecule has 0 saturated heterocycles. The van der Waals surface area contributed by atoms with Crippen molar-refractivity contribution < 1.29 is 10.1 Å². The van der Waals surface area contributed by atoms with Gasteiger partial charge < -0.3 is 0 Å². The first-order chi connectivity index (χ1) is 5.10. The molecule has 0 spiro atoms. The number of nitrogens with zero attached hydrogens (tertiary/aromatic N) is 1. The molecule has 0 radical (unpaired) electrons. The van der Waals surface area contributed by atoms with Crippen LogP contribution in [-0.2, 0) is 4.89 Å². The molecule has 11 heavy (non-hydrogen) atoms. The maximum atomic E-state index is 8.60. The van der Waals surface area contributed by atoms with E-state index in [0.717, 1.165) is 18.7 Å². The SMILES string of the molecule is CCN=C(C)C(C)(CC)OO. The van der Waals surface area contributed by atoms with Crippen LogP contribution in [0.1, 0.15) is 34.1 Å². The normalized spacial score (nSPS) is 18.1. The Morgan fingerprint density at radius 2 is 2.09 bits per heavy atom. The minimum atomic E-state index is -0.601. The van der Waals surface area contributed by atoms with Crippen molar-refractivity contribution in [2.75, 3.05) is 6.54 Å². The number of aliphatic imine (C=N–C) groups is 1. The first-order valence-electron chi connectivity index (χ1n) is 3.94. The lowest BCUT2D eigenvalue weighted by molar-refractivity contribution is -0.295. The van der Waals surface area contributed by atoms with Crippen LogP contribution in [-0.4, -0.2) is 23.1 Å². The molecule has 0 saturated carbocycles. The molecule has 0 rings (SSSR count). The summed E-state index contributed by atoms with van der Waals surface area (Å²) in [6, 6.07) is 0. The van der Waals surface area contributed by atoms with Crippen LogP contribution in [0.3, 0.4) is 0 Å². The van der Waals surface area contributed by atoms with Gasteiger partial charge in [-0.15, -0.1) is 0 Å².